The average molecular weight is 186 g/mol. The molecule has 0 aromatic heterocycles. The summed E-state index contributed by atoms with van der Waals surface area (Å²) >= 11 is 0. The Morgan fingerprint density at radius 1 is 1.23 bits per heavy atom. The number of halogens is 1. The first-order valence-corrected chi connectivity index (χ1v) is 3.72. The van der Waals surface area contributed by atoms with Gasteiger partial charge in [0.25, 0.3) is 0 Å². The highest BCUT2D eigenvalue weighted by Crippen LogP contribution is 2.33. The summed E-state index contributed by atoms with van der Waals surface area (Å²) in [5.74, 6) is 0.558. The summed E-state index contributed by atoms with van der Waals surface area (Å²) in [6, 6.07) is 2.74. The maximum Gasteiger partial charge on any atom is 0.164 e. The molecule has 0 atom stereocenters. The summed E-state index contributed by atoms with van der Waals surface area (Å²) < 4.78 is 22.1. The van der Waals surface area contributed by atoms with Crippen molar-refractivity contribution in [1.82, 2.24) is 0 Å². The van der Waals surface area contributed by atoms with Crippen LogP contribution in [0.15, 0.2) is 12.1 Å². The number of aromatic hydroxyl groups is 1. The molecule has 0 bridgehead atoms. The topological polar surface area (TPSA) is 38.7 Å². The van der Waals surface area contributed by atoms with Gasteiger partial charge in [-0.25, -0.2) is 4.39 Å². The van der Waals surface area contributed by atoms with E-state index in [2.05, 4.69) is 0 Å². The monoisotopic (exact) mass is 186 g/mol. The molecule has 4 heteroatoms. The Labute approximate surface area is 75.7 Å². The van der Waals surface area contributed by atoms with Crippen LogP contribution in [-0.4, -0.2) is 19.3 Å². The number of ether oxygens (including phenoxy) is 2. The molecule has 0 spiro atoms. The lowest BCUT2D eigenvalue weighted by molar-refractivity contribution is 0.357. The molecule has 72 valence electrons. The van der Waals surface area contributed by atoms with Crippen molar-refractivity contribution >= 4 is 0 Å². The van der Waals surface area contributed by atoms with Gasteiger partial charge < -0.3 is 14.6 Å². The third kappa shape index (κ3) is 1.83. The second kappa shape index (κ2) is 3.98. The van der Waals surface area contributed by atoms with Crippen LogP contribution in [0.4, 0.5) is 4.39 Å². The van der Waals surface area contributed by atoms with Crippen LogP contribution < -0.4 is 9.47 Å². The molecule has 0 aliphatic carbocycles. The average Bonchev–Trinajstić information content (AvgIpc) is 2.17. The second-order valence-electron chi connectivity index (χ2n) is 2.47. The number of phenols is 1. The van der Waals surface area contributed by atoms with E-state index in [-0.39, 0.29) is 11.5 Å². The van der Waals surface area contributed by atoms with E-state index in [0.29, 0.717) is 11.3 Å². The van der Waals surface area contributed by atoms with Gasteiger partial charge in [0.15, 0.2) is 11.5 Å². The standard InChI is InChI=1S/C9H11FO3/c1-12-8-4-9(13-2)7(11)3-6(8)5-10/h3-4,11H,5H2,1-2H3. The molecule has 1 aromatic rings. The highest BCUT2D eigenvalue weighted by molar-refractivity contribution is 5.49. The summed E-state index contributed by atoms with van der Waals surface area (Å²) in [6.07, 6.45) is 0. The van der Waals surface area contributed by atoms with Crippen LogP contribution in [0, 0.1) is 0 Å². The zero-order chi connectivity index (χ0) is 9.84. The van der Waals surface area contributed by atoms with Gasteiger partial charge in [-0.1, -0.05) is 0 Å². The highest BCUT2D eigenvalue weighted by atomic mass is 19.1. The van der Waals surface area contributed by atoms with E-state index in [1.807, 2.05) is 0 Å². The third-order valence-corrected chi connectivity index (χ3v) is 1.73. The molecular formula is C9H11FO3. The summed E-state index contributed by atoms with van der Waals surface area (Å²) in [4.78, 5) is 0. The van der Waals surface area contributed by atoms with Crippen LogP contribution in [-0.2, 0) is 6.67 Å². The van der Waals surface area contributed by atoms with Crippen molar-refractivity contribution in [1.29, 1.82) is 0 Å². The van der Waals surface area contributed by atoms with Crippen molar-refractivity contribution in [3.05, 3.63) is 17.7 Å². The van der Waals surface area contributed by atoms with Crippen LogP contribution in [0.2, 0.25) is 0 Å². The Morgan fingerprint density at radius 3 is 2.31 bits per heavy atom. The van der Waals surface area contributed by atoms with Gasteiger partial charge in [0.1, 0.15) is 12.4 Å². The molecule has 13 heavy (non-hydrogen) atoms. The van der Waals surface area contributed by atoms with Gasteiger partial charge >= 0.3 is 0 Å². The molecule has 0 unspecified atom stereocenters. The van der Waals surface area contributed by atoms with Crippen LogP contribution in [0.25, 0.3) is 0 Å². The lowest BCUT2D eigenvalue weighted by Crippen LogP contribution is -1.92. The minimum Gasteiger partial charge on any atom is -0.504 e. The van der Waals surface area contributed by atoms with Crippen molar-refractivity contribution < 1.29 is 19.0 Å². The number of alkyl halides is 1. The summed E-state index contributed by atoms with van der Waals surface area (Å²) in [7, 11) is 2.86. The number of hydrogen-bond donors (Lipinski definition) is 1. The van der Waals surface area contributed by atoms with Crippen molar-refractivity contribution in [2.24, 2.45) is 0 Å². The number of methoxy groups -OCH3 is 2. The molecule has 0 radical (unpaired) electrons. The Kier molecular flexibility index (Phi) is 2.95. The SMILES string of the molecule is COc1cc(OC)c(CF)cc1O. The minimum atomic E-state index is -0.680. The Balaban J connectivity index is 3.18. The van der Waals surface area contributed by atoms with Gasteiger partial charge in [-0.05, 0) is 6.07 Å². The molecule has 1 aromatic carbocycles. The van der Waals surface area contributed by atoms with Crippen molar-refractivity contribution in [3.63, 3.8) is 0 Å². The number of rotatable bonds is 3. The lowest BCUT2D eigenvalue weighted by atomic mass is 10.2. The normalized spacial score (nSPS) is 9.77. The summed E-state index contributed by atoms with van der Waals surface area (Å²) in [5, 5.41) is 9.30. The molecule has 0 aliphatic heterocycles. The molecule has 0 aliphatic rings. The fourth-order valence-corrected chi connectivity index (χ4v) is 1.05. The zero-order valence-corrected chi connectivity index (χ0v) is 7.50. The third-order valence-electron chi connectivity index (χ3n) is 1.73. The first-order valence-electron chi connectivity index (χ1n) is 3.72. The molecule has 0 fully saturated rings. The maximum absolute atomic E-state index is 12.4. The van der Waals surface area contributed by atoms with Crippen LogP contribution >= 0.6 is 0 Å². The maximum atomic E-state index is 12.4. The number of hydrogen-bond acceptors (Lipinski definition) is 3. The first kappa shape index (κ1) is 9.64. The van der Waals surface area contributed by atoms with Crippen molar-refractivity contribution in [3.8, 4) is 17.2 Å². The van der Waals surface area contributed by atoms with Crippen LogP contribution in [0.5, 0.6) is 17.2 Å². The van der Waals surface area contributed by atoms with Gasteiger partial charge in [0.05, 0.1) is 14.2 Å². The van der Waals surface area contributed by atoms with E-state index < -0.39 is 6.67 Å². The minimum absolute atomic E-state index is 0.0871. The van der Waals surface area contributed by atoms with Gasteiger partial charge in [-0.2, -0.15) is 0 Å². The Morgan fingerprint density at radius 2 is 1.85 bits per heavy atom. The van der Waals surface area contributed by atoms with Crippen molar-refractivity contribution in [2.45, 2.75) is 6.67 Å². The van der Waals surface area contributed by atoms with Crippen LogP contribution in [0.1, 0.15) is 5.56 Å². The van der Waals surface area contributed by atoms with E-state index in [9.17, 15) is 9.50 Å². The van der Waals surface area contributed by atoms with Gasteiger partial charge in [-0.15, -0.1) is 0 Å². The molecule has 0 amide bonds. The molecule has 0 saturated carbocycles. The highest BCUT2D eigenvalue weighted by Gasteiger charge is 2.09. The number of benzene rings is 1. The van der Waals surface area contributed by atoms with Crippen molar-refractivity contribution in [2.75, 3.05) is 14.2 Å². The van der Waals surface area contributed by atoms with Gasteiger partial charge in [-0.3, -0.25) is 0 Å². The Bertz CT molecular complexity index is 299. The predicted molar refractivity (Wildman–Crippen MR) is 46.0 cm³/mol. The fraction of sp³-hybridized carbons (Fsp3) is 0.333. The molecule has 0 heterocycles. The van der Waals surface area contributed by atoms with Gasteiger partial charge in [0, 0.05) is 11.6 Å². The summed E-state index contributed by atoms with van der Waals surface area (Å²) in [6.45, 7) is -0.680. The molecular weight excluding hydrogens is 175 g/mol. The molecule has 0 saturated heterocycles. The fourth-order valence-electron chi connectivity index (χ4n) is 1.05. The van der Waals surface area contributed by atoms with E-state index in [0.717, 1.165) is 0 Å². The molecule has 3 nitrogen and oxygen atoms in total. The zero-order valence-electron chi connectivity index (χ0n) is 7.50. The Hall–Kier alpha value is -1.45. The quantitative estimate of drug-likeness (QED) is 0.783. The number of phenolic OH excluding ortho intramolecular Hbond substituents is 1. The van der Waals surface area contributed by atoms with Crippen LogP contribution in [0.3, 0.4) is 0 Å². The first-order chi connectivity index (χ1) is 6.22. The van der Waals surface area contributed by atoms with E-state index in [1.165, 1.54) is 26.4 Å². The van der Waals surface area contributed by atoms with E-state index in [4.69, 9.17) is 9.47 Å². The largest absolute Gasteiger partial charge is 0.504 e. The summed E-state index contributed by atoms with van der Waals surface area (Å²) in [5.41, 5.74) is 0.306. The molecule has 1 rings (SSSR count). The van der Waals surface area contributed by atoms with E-state index >= 15 is 0 Å². The van der Waals surface area contributed by atoms with E-state index in [1.54, 1.807) is 0 Å². The predicted octanol–water partition coefficient (Wildman–Crippen LogP) is 1.88. The lowest BCUT2D eigenvalue weighted by Gasteiger charge is -2.09. The molecule has 1 N–H and O–H groups in total. The van der Waals surface area contributed by atoms with Gasteiger partial charge in [0.2, 0.25) is 0 Å². The smallest absolute Gasteiger partial charge is 0.164 e. The second-order valence-corrected chi connectivity index (χ2v) is 2.47.